The molecule has 17 heavy (non-hydrogen) atoms. The molecule has 0 atom stereocenters. The van der Waals surface area contributed by atoms with Crippen LogP contribution in [0.3, 0.4) is 0 Å². The molecule has 1 aromatic heterocycles. The molecule has 1 amide bonds. The van der Waals surface area contributed by atoms with Crippen molar-refractivity contribution >= 4 is 17.2 Å². The predicted octanol–water partition coefficient (Wildman–Crippen LogP) is 1.38. The van der Waals surface area contributed by atoms with Crippen molar-refractivity contribution in [1.82, 2.24) is 10.6 Å². The first kappa shape index (κ1) is 12.1. The van der Waals surface area contributed by atoms with Gasteiger partial charge in [0.25, 0.3) is 0 Å². The first-order chi connectivity index (χ1) is 8.28. The van der Waals surface area contributed by atoms with Gasteiger partial charge in [-0.3, -0.25) is 4.79 Å². The van der Waals surface area contributed by atoms with E-state index in [0.29, 0.717) is 24.6 Å². The van der Waals surface area contributed by atoms with Crippen LogP contribution in [0.4, 0.5) is 0 Å². The highest BCUT2D eigenvalue weighted by atomic mass is 32.1. The minimum Gasteiger partial charge on any atom is -0.353 e. The molecule has 4 nitrogen and oxygen atoms in total. The molecule has 1 fully saturated rings. The normalized spacial score (nSPS) is 14.3. The topological polar surface area (TPSA) is 64.9 Å². The molecule has 0 radical (unpaired) electrons. The third kappa shape index (κ3) is 4.17. The number of carbonyl (C=O) groups is 1. The highest BCUT2D eigenvalue weighted by molar-refractivity contribution is 7.10. The van der Waals surface area contributed by atoms with Gasteiger partial charge in [0.15, 0.2) is 0 Å². The second-order valence-corrected chi connectivity index (χ2v) is 5.18. The van der Waals surface area contributed by atoms with Gasteiger partial charge in [0.1, 0.15) is 6.07 Å². The molecular weight excluding hydrogens is 234 g/mol. The third-order valence-corrected chi connectivity index (χ3v) is 3.49. The van der Waals surface area contributed by atoms with Crippen LogP contribution in [0.15, 0.2) is 11.4 Å². The van der Waals surface area contributed by atoms with Gasteiger partial charge in [0.05, 0.1) is 5.56 Å². The van der Waals surface area contributed by atoms with Crippen LogP contribution in [0, 0.1) is 11.3 Å². The van der Waals surface area contributed by atoms with E-state index in [9.17, 15) is 4.79 Å². The van der Waals surface area contributed by atoms with Crippen LogP contribution < -0.4 is 10.6 Å². The van der Waals surface area contributed by atoms with E-state index in [1.807, 2.05) is 11.4 Å². The lowest BCUT2D eigenvalue weighted by molar-refractivity contribution is -0.121. The van der Waals surface area contributed by atoms with Crippen molar-refractivity contribution in [2.75, 3.05) is 6.54 Å². The van der Waals surface area contributed by atoms with Crippen LogP contribution in [-0.4, -0.2) is 18.5 Å². The number of thiophene rings is 1. The van der Waals surface area contributed by atoms with Crippen LogP contribution in [0.5, 0.6) is 0 Å². The largest absolute Gasteiger partial charge is 0.353 e. The van der Waals surface area contributed by atoms with Crippen molar-refractivity contribution in [1.29, 1.82) is 5.26 Å². The zero-order valence-electron chi connectivity index (χ0n) is 9.53. The number of rotatable bonds is 6. The summed E-state index contributed by atoms with van der Waals surface area (Å²) in [5.41, 5.74) is 0.707. The Hall–Kier alpha value is -1.38. The standard InChI is InChI=1S/C12H15N3OS/c13-6-9-5-11(17-8-9)7-14-4-3-12(16)15-10-1-2-10/h5,8,10,14H,1-4,7H2,(H,15,16). The lowest BCUT2D eigenvalue weighted by Crippen LogP contribution is -2.28. The van der Waals surface area contributed by atoms with Gasteiger partial charge in [-0.25, -0.2) is 0 Å². The third-order valence-electron chi connectivity index (χ3n) is 2.55. The van der Waals surface area contributed by atoms with Crippen LogP contribution in [0.25, 0.3) is 0 Å². The minimum absolute atomic E-state index is 0.129. The van der Waals surface area contributed by atoms with E-state index >= 15 is 0 Å². The van der Waals surface area contributed by atoms with Gasteiger partial charge >= 0.3 is 0 Å². The van der Waals surface area contributed by atoms with Crippen molar-refractivity contribution in [2.24, 2.45) is 0 Å². The summed E-state index contributed by atoms with van der Waals surface area (Å²) in [5, 5.41) is 16.7. The fourth-order valence-electron chi connectivity index (χ4n) is 1.47. The van der Waals surface area contributed by atoms with Gasteiger partial charge < -0.3 is 10.6 Å². The average molecular weight is 249 g/mol. The smallest absolute Gasteiger partial charge is 0.221 e. The van der Waals surface area contributed by atoms with Crippen LogP contribution in [0.1, 0.15) is 29.7 Å². The lowest BCUT2D eigenvalue weighted by Gasteiger charge is -2.04. The predicted molar refractivity (Wildman–Crippen MR) is 66.5 cm³/mol. The van der Waals surface area contributed by atoms with Crippen molar-refractivity contribution < 1.29 is 4.79 Å². The SMILES string of the molecule is N#Cc1csc(CNCCC(=O)NC2CC2)c1. The average Bonchev–Trinajstić information content (AvgIpc) is 3.01. The summed E-state index contributed by atoms with van der Waals surface area (Å²) in [7, 11) is 0. The summed E-state index contributed by atoms with van der Waals surface area (Å²) < 4.78 is 0. The Morgan fingerprint density at radius 3 is 3.06 bits per heavy atom. The van der Waals surface area contributed by atoms with Gasteiger partial charge in [-0.2, -0.15) is 5.26 Å². The molecule has 0 aliphatic heterocycles. The second-order valence-electron chi connectivity index (χ2n) is 4.18. The molecule has 2 N–H and O–H groups in total. The fourth-order valence-corrected chi connectivity index (χ4v) is 2.25. The molecule has 0 saturated heterocycles. The van der Waals surface area contributed by atoms with Gasteiger partial charge in [0, 0.05) is 35.8 Å². The Labute approximate surface area is 105 Å². The Morgan fingerprint density at radius 2 is 2.41 bits per heavy atom. The van der Waals surface area contributed by atoms with Gasteiger partial charge in [-0.05, 0) is 18.9 Å². The zero-order valence-corrected chi connectivity index (χ0v) is 10.3. The first-order valence-electron chi connectivity index (χ1n) is 5.75. The summed E-state index contributed by atoms with van der Waals surface area (Å²) in [5.74, 6) is 0.129. The highest BCUT2D eigenvalue weighted by Crippen LogP contribution is 2.18. The summed E-state index contributed by atoms with van der Waals surface area (Å²) in [6.07, 6.45) is 2.78. The first-order valence-corrected chi connectivity index (χ1v) is 6.63. The molecule has 2 rings (SSSR count). The molecule has 1 heterocycles. The van der Waals surface area contributed by atoms with E-state index < -0.39 is 0 Å². The molecule has 1 saturated carbocycles. The zero-order chi connectivity index (χ0) is 12.1. The summed E-state index contributed by atoms with van der Waals surface area (Å²) in [6.45, 7) is 1.40. The van der Waals surface area contributed by atoms with Crippen molar-refractivity contribution in [3.8, 4) is 6.07 Å². The number of hydrogen-bond donors (Lipinski definition) is 2. The molecule has 5 heteroatoms. The van der Waals surface area contributed by atoms with Gasteiger partial charge in [0.2, 0.25) is 5.91 Å². The molecular formula is C12H15N3OS. The number of amides is 1. The van der Waals surface area contributed by atoms with Crippen molar-refractivity contribution in [3.63, 3.8) is 0 Å². The number of nitrogens with zero attached hydrogens (tertiary/aromatic N) is 1. The molecule has 1 aliphatic rings. The fraction of sp³-hybridized carbons (Fsp3) is 0.500. The van der Waals surface area contributed by atoms with Gasteiger partial charge in [-0.1, -0.05) is 0 Å². The summed E-state index contributed by atoms with van der Waals surface area (Å²) in [4.78, 5) is 12.5. The Bertz CT molecular complexity index is 431. The van der Waals surface area contributed by atoms with Crippen molar-refractivity contribution in [2.45, 2.75) is 31.8 Å². The van der Waals surface area contributed by atoms with Crippen LogP contribution in [-0.2, 0) is 11.3 Å². The van der Waals surface area contributed by atoms with E-state index in [-0.39, 0.29) is 5.91 Å². The molecule has 0 aromatic carbocycles. The monoisotopic (exact) mass is 249 g/mol. The summed E-state index contributed by atoms with van der Waals surface area (Å²) in [6, 6.07) is 4.42. The number of nitrogens with one attached hydrogen (secondary N) is 2. The summed E-state index contributed by atoms with van der Waals surface area (Å²) >= 11 is 1.57. The quantitative estimate of drug-likeness (QED) is 0.749. The molecule has 0 bridgehead atoms. The Balaban J connectivity index is 1.59. The van der Waals surface area contributed by atoms with E-state index in [4.69, 9.17) is 5.26 Å². The van der Waals surface area contributed by atoms with Gasteiger partial charge in [-0.15, -0.1) is 11.3 Å². The number of nitriles is 1. The minimum atomic E-state index is 0.129. The molecule has 0 spiro atoms. The Kier molecular flexibility index (Phi) is 4.13. The van der Waals surface area contributed by atoms with E-state index in [0.717, 1.165) is 24.3 Å². The molecule has 1 aliphatic carbocycles. The van der Waals surface area contributed by atoms with Crippen LogP contribution >= 0.6 is 11.3 Å². The van der Waals surface area contributed by atoms with Crippen LogP contribution in [0.2, 0.25) is 0 Å². The van der Waals surface area contributed by atoms with E-state index in [1.165, 1.54) is 0 Å². The van der Waals surface area contributed by atoms with E-state index in [2.05, 4.69) is 16.7 Å². The van der Waals surface area contributed by atoms with Crippen molar-refractivity contribution in [3.05, 3.63) is 21.9 Å². The maximum atomic E-state index is 11.4. The molecule has 0 unspecified atom stereocenters. The molecule has 1 aromatic rings. The number of hydrogen-bond acceptors (Lipinski definition) is 4. The lowest BCUT2D eigenvalue weighted by atomic mass is 10.3. The maximum absolute atomic E-state index is 11.4. The Morgan fingerprint density at radius 1 is 1.59 bits per heavy atom. The maximum Gasteiger partial charge on any atom is 0.221 e. The highest BCUT2D eigenvalue weighted by Gasteiger charge is 2.22. The number of carbonyl (C=O) groups excluding carboxylic acids is 1. The molecule has 90 valence electrons. The second kappa shape index (κ2) is 5.80. The van der Waals surface area contributed by atoms with E-state index in [1.54, 1.807) is 11.3 Å².